The number of rotatable bonds is 9. The van der Waals surface area contributed by atoms with Gasteiger partial charge in [0.25, 0.3) is 0 Å². The SMILES string of the molecule is CC/C=C(/NC(C)c1ccccc1C(F)(F)F)c1ccccc1Nc1nc(-c2cccnc2)nc2ccc(OC)cc12. The van der Waals surface area contributed by atoms with Crippen molar-refractivity contribution in [3.8, 4) is 17.1 Å². The third-order valence-corrected chi connectivity index (χ3v) is 6.81. The standard InChI is InChI=1S/C33H30F3N5O/c1-4-10-28(38-21(2)24-12-5-7-14-27(24)33(34,35)36)25-13-6-8-15-29(25)40-32-26-19-23(42-3)16-17-30(26)39-31(41-32)22-11-9-18-37-20-22/h5-21,38H,4H2,1-3H3,(H,39,40,41)/b28-10+. The lowest BCUT2D eigenvalue weighted by Crippen LogP contribution is -2.21. The van der Waals surface area contributed by atoms with Crippen LogP contribution in [0.25, 0.3) is 28.0 Å². The lowest BCUT2D eigenvalue weighted by Gasteiger charge is -2.24. The zero-order chi connectivity index (χ0) is 29.7. The highest BCUT2D eigenvalue weighted by molar-refractivity contribution is 5.94. The number of ether oxygens (including phenoxy) is 1. The Kier molecular flexibility index (Phi) is 8.38. The van der Waals surface area contributed by atoms with Gasteiger partial charge >= 0.3 is 6.18 Å². The third-order valence-electron chi connectivity index (χ3n) is 6.81. The highest BCUT2D eigenvalue weighted by Gasteiger charge is 2.34. The summed E-state index contributed by atoms with van der Waals surface area (Å²) in [6.45, 7) is 3.71. The van der Waals surface area contributed by atoms with Crippen molar-refractivity contribution in [2.75, 3.05) is 12.4 Å². The molecular weight excluding hydrogens is 539 g/mol. The van der Waals surface area contributed by atoms with E-state index in [1.54, 1.807) is 32.5 Å². The van der Waals surface area contributed by atoms with E-state index in [-0.39, 0.29) is 5.56 Å². The Bertz CT molecular complexity index is 1720. The molecule has 0 bridgehead atoms. The molecule has 0 aliphatic heterocycles. The molecule has 42 heavy (non-hydrogen) atoms. The summed E-state index contributed by atoms with van der Waals surface area (Å²) in [5.74, 6) is 1.71. The molecule has 1 atom stereocenters. The summed E-state index contributed by atoms with van der Waals surface area (Å²) in [6.07, 6.45) is 1.57. The van der Waals surface area contributed by atoms with E-state index in [0.29, 0.717) is 35.0 Å². The molecule has 0 aliphatic rings. The van der Waals surface area contributed by atoms with Crippen LogP contribution in [0.1, 0.15) is 43.0 Å². The number of hydrogen-bond acceptors (Lipinski definition) is 6. The van der Waals surface area contributed by atoms with Gasteiger partial charge < -0.3 is 15.4 Å². The first-order valence-corrected chi connectivity index (χ1v) is 13.5. The van der Waals surface area contributed by atoms with Crippen molar-refractivity contribution in [1.82, 2.24) is 20.3 Å². The fraction of sp³-hybridized carbons (Fsp3) is 0.182. The van der Waals surface area contributed by atoms with Crippen LogP contribution in [-0.2, 0) is 6.18 Å². The zero-order valence-electron chi connectivity index (χ0n) is 23.4. The van der Waals surface area contributed by atoms with E-state index in [0.717, 1.165) is 28.3 Å². The molecule has 0 saturated carbocycles. The van der Waals surface area contributed by atoms with Crippen LogP contribution in [0, 0.1) is 0 Å². The van der Waals surface area contributed by atoms with Gasteiger partial charge in [0.15, 0.2) is 5.82 Å². The van der Waals surface area contributed by atoms with Crippen LogP contribution in [0.15, 0.2) is 97.3 Å². The number of pyridine rings is 1. The number of nitrogens with one attached hydrogen (secondary N) is 2. The molecule has 0 radical (unpaired) electrons. The Morgan fingerprint density at radius 2 is 1.76 bits per heavy atom. The van der Waals surface area contributed by atoms with Gasteiger partial charge in [-0.1, -0.05) is 49.4 Å². The molecule has 0 amide bonds. The first-order valence-electron chi connectivity index (χ1n) is 13.5. The number of methoxy groups -OCH3 is 1. The van der Waals surface area contributed by atoms with E-state index >= 15 is 0 Å². The predicted molar refractivity (Wildman–Crippen MR) is 160 cm³/mol. The van der Waals surface area contributed by atoms with Crippen LogP contribution in [-0.4, -0.2) is 22.1 Å². The van der Waals surface area contributed by atoms with E-state index in [1.807, 2.05) is 67.6 Å². The quantitative estimate of drug-likeness (QED) is 0.185. The number of fused-ring (bicyclic) bond motifs is 1. The molecule has 6 nitrogen and oxygen atoms in total. The Labute approximate surface area is 242 Å². The van der Waals surface area contributed by atoms with E-state index in [1.165, 1.54) is 12.1 Å². The number of benzene rings is 3. The first kappa shape index (κ1) is 28.6. The lowest BCUT2D eigenvalue weighted by atomic mass is 9.99. The van der Waals surface area contributed by atoms with Crippen LogP contribution in [0.2, 0.25) is 0 Å². The van der Waals surface area contributed by atoms with E-state index in [9.17, 15) is 13.2 Å². The first-order chi connectivity index (χ1) is 20.3. The van der Waals surface area contributed by atoms with Gasteiger partial charge in [0.2, 0.25) is 0 Å². The summed E-state index contributed by atoms with van der Waals surface area (Å²) in [5.41, 5.74) is 3.20. The maximum absolute atomic E-state index is 13.8. The van der Waals surface area contributed by atoms with Gasteiger partial charge in [-0.05, 0) is 61.4 Å². The van der Waals surface area contributed by atoms with Crippen molar-refractivity contribution < 1.29 is 17.9 Å². The molecule has 0 saturated heterocycles. The maximum atomic E-state index is 13.8. The van der Waals surface area contributed by atoms with Crippen molar-refractivity contribution >= 4 is 28.1 Å². The van der Waals surface area contributed by atoms with Gasteiger partial charge in [0.1, 0.15) is 11.6 Å². The second-order valence-electron chi connectivity index (χ2n) is 9.67. The maximum Gasteiger partial charge on any atom is 0.416 e. The summed E-state index contributed by atoms with van der Waals surface area (Å²) < 4.78 is 46.8. The number of anilines is 2. The minimum absolute atomic E-state index is 0.174. The van der Waals surface area contributed by atoms with Gasteiger partial charge in [-0.25, -0.2) is 9.97 Å². The van der Waals surface area contributed by atoms with Gasteiger partial charge in [-0.2, -0.15) is 13.2 Å². The third kappa shape index (κ3) is 6.20. The number of allylic oxidation sites excluding steroid dienone is 1. The molecule has 0 fully saturated rings. The highest BCUT2D eigenvalue weighted by atomic mass is 19.4. The van der Waals surface area contributed by atoms with Gasteiger partial charge in [-0.3, -0.25) is 4.98 Å². The molecule has 214 valence electrons. The predicted octanol–water partition coefficient (Wildman–Crippen LogP) is 8.56. The minimum Gasteiger partial charge on any atom is -0.497 e. The lowest BCUT2D eigenvalue weighted by molar-refractivity contribution is -0.138. The van der Waals surface area contributed by atoms with E-state index in [2.05, 4.69) is 15.6 Å². The smallest absolute Gasteiger partial charge is 0.416 e. The highest BCUT2D eigenvalue weighted by Crippen LogP contribution is 2.36. The van der Waals surface area contributed by atoms with Gasteiger partial charge in [-0.15, -0.1) is 0 Å². The molecule has 1 unspecified atom stereocenters. The monoisotopic (exact) mass is 569 g/mol. The molecule has 2 heterocycles. The summed E-state index contributed by atoms with van der Waals surface area (Å²) in [7, 11) is 1.60. The summed E-state index contributed by atoms with van der Waals surface area (Å²) in [5, 5.41) is 7.57. The summed E-state index contributed by atoms with van der Waals surface area (Å²) in [6, 6.07) is 21.9. The summed E-state index contributed by atoms with van der Waals surface area (Å²) >= 11 is 0. The molecule has 3 aromatic carbocycles. The Hall–Kier alpha value is -4.92. The molecule has 9 heteroatoms. The normalized spacial score (nSPS) is 12.7. The van der Waals surface area contributed by atoms with Crippen LogP contribution >= 0.6 is 0 Å². The average molecular weight is 570 g/mol. The van der Waals surface area contributed by atoms with Crippen molar-refractivity contribution in [3.05, 3.63) is 114 Å². The minimum atomic E-state index is -4.46. The van der Waals surface area contributed by atoms with Crippen LogP contribution in [0.4, 0.5) is 24.7 Å². The topological polar surface area (TPSA) is 72.0 Å². The molecular formula is C33H30F3N5O. The Balaban J connectivity index is 1.56. The van der Waals surface area contributed by atoms with Crippen LogP contribution in [0.5, 0.6) is 5.75 Å². The van der Waals surface area contributed by atoms with E-state index < -0.39 is 17.8 Å². The van der Waals surface area contributed by atoms with Crippen LogP contribution in [0.3, 0.4) is 0 Å². The zero-order valence-corrected chi connectivity index (χ0v) is 23.4. The van der Waals surface area contributed by atoms with Crippen molar-refractivity contribution in [2.45, 2.75) is 32.5 Å². The fourth-order valence-electron chi connectivity index (χ4n) is 4.80. The van der Waals surface area contributed by atoms with Crippen molar-refractivity contribution in [2.24, 2.45) is 0 Å². The molecule has 0 spiro atoms. The Morgan fingerprint density at radius 3 is 2.50 bits per heavy atom. The fourth-order valence-corrected chi connectivity index (χ4v) is 4.80. The van der Waals surface area contributed by atoms with Crippen LogP contribution < -0.4 is 15.4 Å². The number of alkyl halides is 3. The van der Waals surface area contributed by atoms with Gasteiger partial charge in [0, 0.05) is 46.3 Å². The molecule has 5 aromatic rings. The molecule has 2 N–H and O–H groups in total. The number of nitrogens with zero attached hydrogens (tertiary/aromatic N) is 3. The van der Waals surface area contributed by atoms with E-state index in [4.69, 9.17) is 14.7 Å². The summed E-state index contributed by atoms with van der Waals surface area (Å²) in [4.78, 5) is 13.8. The molecule has 5 rings (SSSR count). The second kappa shape index (κ2) is 12.3. The second-order valence-corrected chi connectivity index (χ2v) is 9.67. The molecule has 0 aliphatic carbocycles. The van der Waals surface area contributed by atoms with Gasteiger partial charge in [0.05, 0.1) is 18.2 Å². The largest absolute Gasteiger partial charge is 0.497 e. The molecule has 2 aromatic heterocycles. The van der Waals surface area contributed by atoms with Crippen molar-refractivity contribution in [3.63, 3.8) is 0 Å². The Morgan fingerprint density at radius 1 is 0.976 bits per heavy atom. The average Bonchev–Trinajstić information content (AvgIpc) is 3.01. The number of halogens is 3. The number of aromatic nitrogens is 3. The van der Waals surface area contributed by atoms with Crippen molar-refractivity contribution in [1.29, 1.82) is 0 Å². The number of hydrogen-bond donors (Lipinski definition) is 2. The number of para-hydroxylation sites is 1.